The Labute approximate surface area is 97.5 Å². The van der Waals surface area contributed by atoms with Crippen molar-refractivity contribution < 1.29 is 4.39 Å². The van der Waals surface area contributed by atoms with Gasteiger partial charge in [-0.25, -0.2) is 9.37 Å². The van der Waals surface area contributed by atoms with Gasteiger partial charge in [0.05, 0.1) is 4.90 Å². The molecule has 2 N–H and O–H groups in total. The summed E-state index contributed by atoms with van der Waals surface area (Å²) < 4.78 is 13.7. The second kappa shape index (κ2) is 5.14. The molecule has 0 spiro atoms. The van der Waals surface area contributed by atoms with E-state index >= 15 is 0 Å². The van der Waals surface area contributed by atoms with E-state index in [0.717, 1.165) is 5.56 Å². The second-order valence-corrected chi connectivity index (χ2v) is 4.25. The lowest BCUT2D eigenvalue weighted by Crippen LogP contribution is -2.06. The fourth-order valence-electron chi connectivity index (χ4n) is 1.40. The first-order chi connectivity index (χ1) is 7.81. The molecule has 16 heavy (non-hydrogen) atoms. The quantitative estimate of drug-likeness (QED) is 0.858. The molecule has 2 rings (SSSR count). The molecule has 1 heterocycles. The van der Waals surface area contributed by atoms with Gasteiger partial charge < -0.3 is 10.3 Å². The number of nitrogens with zero attached hydrogens (tertiary/aromatic N) is 1. The molecule has 0 amide bonds. The number of hydrogen-bond donors (Lipinski definition) is 2. The third-order valence-electron chi connectivity index (χ3n) is 2.09. The van der Waals surface area contributed by atoms with Crippen LogP contribution in [0.15, 0.2) is 40.6 Å². The van der Waals surface area contributed by atoms with Gasteiger partial charge in [0.15, 0.2) is 5.16 Å². The summed E-state index contributed by atoms with van der Waals surface area (Å²) in [5, 5.41) is 3.72. The van der Waals surface area contributed by atoms with Gasteiger partial charge in [-0.2, -0.15) is 0 Å². The molecule has 0 fully saturated rings. The summed E-state index contributed by atoms with van der Waals surface area (Å²) in [6.45, 7) is 0.640. The molecule has 0 atom stereocenters. The molecular weight excluding hydrogens is 225 g/mol. The van der Waals surface area contributed by atoms with Crippen LogP contribution in [0.5, 0.6) is 0 Å². The van der Waals surface area contributed by atoms with Gasteiger partial charge in [-0.1, -0.05) is 12.1 Å². The second-order valence-electron chi connectivity index (χ2n) is 3.25. The van der Waals surface area contributed by atoms with Gasteiger partial charge in [0.2, 0.25) is 0 Å². The van der Waals surface area contributed by atoms with E-state index in [9.17, 15) is 4.39 Å². The van der Waals surface area contributed by atoms with E-state index < -0.39 is 0 Å². The minimum atomic E-state index is -0.214. The van der Waals surface area contributed by atoms with Crippen LogP contribution in [0.4, 0.5) is 4.39 Å². The number of nitrogens with one attached hydrogen (secondary N) is 2. The topological polar surface area (TPSA) is 40.7 Å². The zero-order chi connectivity index (χ0) is 11.4. The summed E-state index contributed by atoms with van der Waals surface area (Å²) in [5.74, 6) is -0.214. The molecule has 0 bridgehead atoms. The van der Waals surface area contributed by atoms with Crippen LogP contribution in [0.25, 0.3) is 0 Å². The predicted molar refractivity (Wildman–Crippen MR) is 61.9 cm³/mol. The van der Waals surface area contributed by atoms with Crippen LogP contribution in [0, 0.1) is 5.82 Å². The van der Waals surface area contributed by atoms with Crippen molar-refractivity contribution in [3.05, 3.63) is 42.0 Å². The van der Waals surface area contributed by atoms with E-state index in [-0.39, 0.29) is 5.82 Å². The highest BCUT2D eigenvalue weighted by atomic mass is 32.2. The van der Waals surface area contributed by atoms with Crippen LogP contribution in [0.1, 0.15) is 5.56 Å². The standard InChI is InChI=1S/C11H12FN3S/c1-13-7-8-3-2-4-9(12)10(8)16-11-14-5-6-15-11/h2-6,13H,7H2,1H3,(H,14,15). The molecule has 0 aliphatic rings. The number of halogens is 1. The highest BCUT2D eigenvalue weighted by Crippen LogP contribution is 2.30. The summed E-state index contributed by atoms with van der Waals surface area (Å²) in [7, 11) is 1.84. The van der Waals surface area contributed by atoms with Crippen molar-refractivity contribution in [2.24, 2.45) is 0 Å². The van der Waals surface area contributed by atoms with Crippen molar-refractivity contribution in [1.82, 2.24) is 15.3 Å². The van der Waals surface area contributed by atoms with Gasteiger partial charge >= 0.3 is 0 Å². The largest absolute Gasteiger partial charge is 0.339 e. The number of benzene rings is 1. The average molecular weight is 237 g/mol. The third-order valence-corrected chi connectivity index (χ3v) is 3.17. The molecule has 0 aliphatic carbocycles. The number of rotatable bonds is 4. The van der Waals surface area contributed by atoms with Gasteiger partial charge in [0, 0.05) is 18.9 Å². The zero-order valence-electron chi connectivity index (χ0n) is 8.83. The molecule has 0 unspecified atom stereocenters. The van der Waals surface area contributed by atoms with Gasteiger partial charge in [-0.15, -0.1) is 0 Å². The Morgan fingerprint density at radius 1 is 1.50 bits per heavy atom. The molecule has 0 radical (unpaired) electrons. The fraction of sp³-hybridized carbons (Fsp3) is 0.182. The minimum absolute atomic E-state index is 0.214. The Bertz CT molecular complexity index is 456. The Kier molecular flexibility index (Phi) is 3.58. The molecule has 3 nitrogen and oxygen atoms in total. The summed E-state index contributed by atoms with van der Waals surface area (Å²) in [6, 6.07) is 5.09. The van der Waals surface area contributed by atoms with Gasteiger partial charge in [0.1, 0.15) is 5.82 Å². The van der Waals surface area contributed by atoms with E-state index in [2.05, 4.69) is 15.3 Å². The van der Waals surface area contributed by atoms with Gasteiger partial charge in [0.25, 0.3) is 0 Å². The van der Waals surface area contributed by atoms with Crippen molar-refractivity contribution in [3.8, 4) is 0 Å². The average Bonchev–Trinajstić information content (AvgIpc) is 2.76. The van der Waals surface area contributed by atoms with Crippen molar-refractivity contribution in [3.63, 3.8) is 0 Å². The molecule has 0 saturated carbocycles. The maximum Gasteiger partial charge on any atom is 0.170 e. The lowest BCUT2D eigenvalue weighted by Gasteiger charge is -2.08. The lowest BCUT2D eigenvalue weighted by molar-refractivity contribution is 0.594. The highest BCUT2D eigenvalue weighted by molar-refractivity contribution is 7.99. The van der Waals surface area contributed by atoms with Crippen molar-refractivity contribution in [1.29, 1.82) is 0 Å². The maximum absolute atomic E-state index is 13.7. The van der Waals surface area contributed by atoms with Gasteiger partial charge in [-0.3, -0.25) is 0 Å². The predicted octanol–water partition coefficient (Wildman–Crippen LogP) is 2.42. The smallest absolute Gasteiger partial charge is 0.170 e. The minimum Gasteiger partial charge on any atom is -0.339 e. The summed E-state index contributed by atoms with van der Waals surface area (Å²) >= 11 is 1.31. The Morgan fingerprint density at radius 3 is 3.06 bits per heavy atom. The molecule has 5 heteroatoms. The normalized spacial score (nSPS) is 10.6. The molecule has 1 aromatic carbocycles. The van der Waals surface area contributed by atoms with E-state index in [1.54, 1.807) is 18.5 Å². The van der Waals surface area contributed by atoms with Crippen LogP contribution in [-0.4, -0.2) is 17.0 Å². The van der Waals surface area contributed by atoms with Crippen LogP contribution in [-0.2, 0) is 6.54 Å². The van der Waals surface area contributed by atoms with E-state index in [0.29, 0.717) is 16.6 Å². The first kappa shape index (κ1) is 11.2. The Hall–Kier alpha value is -1.33. The SMILES string of the molecule is CNCc1cccc(F)c1Sc1ncc[nH]1. The monoisotopic (exact) mass is 237 g/mol. The third kappa shape index (κ3) is 2.43. The molecule has 84 valence electrons. The summed E-state index contributed by atoms with van der Waals surface area (Å²) in [5.41, 5.74) is 0.934. The molecular formula is C11H12FN3S. The first-order valence-electron chi connectivity index (χ1n) is 4.90. The lowest BCUT2D eigenvalue weighted by atomic mass is 10.2. The van der Waals surface area contributed by atoms with Crippen LogP contribution in [0.2, 0.25) is 0 Å². The number of H-pyrrole nitrogens is 1. The van der Waals surface area contributed by atoms with E-state index in [1.807, 2.05) is 13.1 Å². The first-order valence-corrected chi connectivity index (χ1v) is 5.72. The molecule has 1 aromatic heterocycles. The molecule has 0 aliphatic heterocycles. The highest BCUT2D eigenvalue weighted by Gasteiger charge is 2.10. The van der Waals surface area contributed by atoms with E-state index in [1.165, 1.54) is 17.8 Å². The number of aromatic amines is 1. The molecule has 2 aromatic rings. The van der Waals surface area contributed by atoms with Crippen LogP contribution in [0.3, 0.4) is 0 Å². The fourth-order valence-corrected chi connectivity index (χ4v) is 2.27. The maximum atomic E-state index is 13.7. The Balaban J connectivity index is 2.30. The van der Waals surface area contributed by atoms with Crippen LogP contribution < -0.4 is 5.32 Å². The van der Waals surface area contributed by atoms with Crippen LogP contribution >= 0.6 is 11.8 Å². The van der Waals surface area contributed by atoms with E-state index in [4.69, 9.17) is 0 Å². The number of aromatic nitrogens is 2. The Morgan fingerprint density at radius 2 is 2.38 bits per heavy atom. The molecule has 0 saturated heterocycles. The van der Waals surface area contributed by atoms with Crippen molar-refractivity contribution in [2.45, 2.75) is 16.6 Å². The zero-order valence-corrected chi connectivity index (χ0v) is 9.64. The number of imidazole rings is 1. The number of hydrogen-bond acceptors (Lipinski definition) is 3. The van der Waals surface area contributed by atoms with Crippen molar-refractivity contribution in [2.75, 3.05) is 7.05 Å². The van der Waals surface area contributed by atoms with Gasteiger partial charge in [-0.05, 0) is 30.4 Å². The summed E-state index contributed by atoms with van der Waals surface area (Å²) in [6.07, 6.45) is 3.38. The van der Waals surface area contributed by atoms with Crippen molar-refractivity contribution >= 4 is 11.8 Å². The summed E-state index contributed by atoms with van der Waals surface area (Å²) in [4.78, 5) is 7.64.